The molecule has 3 fully saturated rings. The zero-order chi connectivity index (χ0) is 15.1. The van der Waals surface area contributed by atoms with Crippen LogP contribution in [0.3, 0.4) is 0 Å². The van der Waals surface area contributed by atoms with E-state index in [9.17, 15) is 9.32 Å². The van der Waals surface area contributed by atoms with Crippen LogP contribution in [-0.2, 0) is 4.94 Å². The number of carbonyl (C=O) groups excluding carboxylic acids is 1. The Bertz CT molecular complexity index is 517. The number of hydrogen-bond acceptors (Lipinski definition) is 4. The lowest BCUT2D eigenvalue weighted by molar-refractivity contribution is -0.0790. The molecule has 5 nitrogen and oxygen atoms in total. The molecule has 3 aliphatic carbocycles. The number of nitrogens with one attached hydrogen (secondary N) is 1. The lowest BCUT2D eigenvalue weighted by Gasteiger charge is -2.04. The van der Waals surface area contributed by atoms with Crippen LogP contribution in [0.25, 0.3) is 0 Å². The molecule has 0 unspecified atom stereocenters. The van der Waals surface area contributed by atoms with Crippen LogP contribution in [0.2, 0.25) is 0 Å². The number of halogens is 1. The van der Waals surface area contributed by atoms with Gasteiger partial charge in [0, 0.05) is 4.53 Å². The lowest BCUT2D eigenvalue weighted by Crippen LogP contribution is -2.05. The second-order valence-corrected chi connectivity index (χ2v) is 5.98. The summed E-state index contributed by atoms with van der Waals surface area (Å²) in [5, 5.41) is 6.22. The minimum atomic E-state index is -1.08. The first-order valence-corrected chi connectivity index (χ1v) is 7.73. The molecule has 1 aromatic heterocycles. The first kappa shape index (κ1) is 14.4. The van der Waals surface area contributed by atoms with E-state index in [1.165, 1.54) is 31.9 Å². The Kier molecular flexibility index (Phi) is 3.42. The van der Waals surface area contributed by atoms with E-state index in [-0.39, 0.29) is 11.4 Å². The summed E-state index contributed by atoms with van der Waals surface area (Å²) >= 11 is 0. The number of nitrogens with zero attached hydrogens (tertiary/aromatic N) is 1. The van der Waals surface area contributed by atoms with Crippen molar-refractivity contribution in [3.8, 4) is 5.88 Å². The highest BCUT2D eigenvalue weighted by Gasteiger charge is 2.85. The van der Waals surface area contributed by atoms with Gasteiger partial charge in [-0.25, -0.2) is 14.8 Å². The van der Waals surface area contributed by atoms with Gasteiger partial charge < -0.3 is 4.74 Å². The van der Waals surface area contributed by atoms with Crippen molar-refractivity contribution < 1.29 is 19.0 Å². The van der Waals surface area contributed by atoms with Gasteiger partial charge in [0.05, 0.1) is 12.8 Å². The Morgan fingerprint density at radius 2 is 2.00 bits per heavy atom. The molecule has 4 rings (SSSR count). The first-order chi connectivity index (χ1) is 10.2. The zero-order valence-corrected chi connectivity index (χ0v) is 12.4. The Morgan fingerprint density at radius 3 is 2.52 bits per heavy atom. The maximum atomic E-state index is 11.9. The number of H-pyrrole nitrogens is 1. The molecule has 0 bridgehead atoms. The number of fused-ring (bicyclic) bond motifs is 1. The van der Waals surface area contributed by atoms with Crippen molar-refractivity contribution >= 4 is 5.97 Å². The van der Waals surface area contributed by atoms with Crippen molar-refractivity contribution in [3.05, 3.63) is 11.8 Å². The molecule has 6 heteroatoms. The lowest BCUT2D eigenvalue weighted by atomic mass is 10.2. The molecule has 21 heavy (non-hydrogen) atoms. The summed E-state index contributed by atoms with van der Waals surface area (Å²) in [5.74, 6) is -0.0926. The monoisotopic (exact) mass is 296 g/mol. The van der Waals surface area contributed by atoms with Gasteiger partial charge in [-0.3, -0.25) is 0 Å². The largest absolute Gasteiger partial charge is 0.477 e. The predicted molar refractivity (Wildman–Crippen MR) is 73.4 cm³/mol. The van der Waals surface area contributed by atoms with E-state index in [1.54, 1.807) is 0 Å². The summed E-state index contributed by atoms with van der Waals surface area (Å²) < 4.78 is 17.4. The van der Waals surface area contributed by atoms with Crippen LogP contribution in [0.4, 0.5) is 4.53 Å². The highest BCUT2D eigenvalue weighted by molar-refractivity contribution is 5.91. The van der Waals surface area contributed by atoms with Gasteiger partial charge in [-0.05, 0) is 48.9 Å². The normalized spacial score (nSPS) is 22.4. The zero-order valence-electron chi connectivity index (χ0n) is 12.4. The van der Waals surface area contributed by atoms with Crippen molar-refractivity contribution in [3.63, 3.8) is 0 Å². The van der Waals surface area contributed by atoms with E-state index in [0.717, 1.165) is 12.3 Å². The molecule has 3 saturated carbocycles. The summed E-state index contributed by atoms with van der Waals surface area (Å²) in [4.78, 5) is 14.3. The molecule has 1 aromatic rings. The van der Waals surface area contributed by atoms with E-state index in [4.69, 9.17) is 4.74 Å². The Balaban J connectivity index is 0.000000636. The van der Waals surface area contributed by atoms with Crippen molar-refractivity contribution in [2.75, 3.05) is 6.61 Å². The summed E-state index contributed by atoms with van der Waals surface area (Å²) in [6.45, 7) is 4.53. The third kappa shape index (κ3) is 2.03. The smallest absolute Gasteiger partial charge is 0.386 e. The van der Waals surface area contributed by atoms with Crippen LogP contribution in [-0.4, -0.2) is 22.8 Å². The minimum Gasteiger partial charge on any atom is -0.477 e. The molecule has 116 valence electrons. The molecule has 3 aliphatic rings. The third-order valence-corrected chi connectivity index (χ3v) is 5.37. The second kappa shape index (κ2) is 5.00. The molecule has 0 saturated heterocycles. The SMILES string of the molecule is CC.O=C(OF)c1cn[nH]c1OCCC1C2(CC2)C12CC2. The molecule has 0 aromatic carbocycles. The topological polar surface area (TPSA) is 64.2 Å². The maximum Gasteiger partial charge on any atom is 0.386 e. The fraction of sp³-hybridized carbons (Fsp3) is 0.733. The molecule has 0 amide bonds. The second-order valence-electron chi connectivity index (χ2n) is 5.98. The molecule has 0 aliphatic heterocycles. The summed E-state index contributed by atoms with van der Waals surface area (Å²) in [6.07, 6.45) is 7.72. The van der Waals surface area contributed by atoms with E-state index >= 15 is 0 Å². The van der Waals surface area contributed by atoms with Gasteiger partial charge in [-0.1, -0.05) is 13.8 Å². The molecule has 0 atom stereocenters. The first-order valence-electron chi connectivity index (χ1n) is 7.73. The average molecular weight is 296 g/mol. The van der Waals surface area contributed by atoms with Gasteiger partial charge >= 0.3 is 5.97 Å². The molecular formula is C15H21FN2O3. The Hall–Kier alpha value is -1.59. The Morgan fingerprint density at radius 1 is 1.38 bits per heavy atom. The van der Waals surface area contributed by atoms with Crippen molar-refractivity contribution in [1.29, 1.82) is 0 Å². The van der Waals surface area contributed by atoms with Crippen LogP contribution in [0.1, 0.15) is 56.3 Å². The van der Waals surface area contributed by atoms with Gasteiger partial charge in [0.15, 0.2) is 0 Å². The number of carbonyl (C=O) groups is 1. The van der Waals surface area contributed by atoms with E-state index in [2.05, 4.69) is 15.1 Å². The highest BCUT2D eigenvalue weighted by atomic mass is 19.3. The highest BCUT2D eigenvalue weighted by Crippen LogP contribution is 2.93. The van der Waals surface area contributed by atoms with Crippen molar-refractivity contribution in [2.24, 2.45) is 16.7 Å². The van der Waals surface area contributed by atoms with Gasteiger partial charge in [0.25, 0.3) is 0 Å². The van der Waals surface area contributed by atoms with Crippen LogP contribution >= 0.6 is 0 Å². The third-order valence-electron chi connectivity index (χ3n) is 5.37. The van der Waals surface area contributed by atoms with E-state index in [1.807, 2.05) is 13.8 Å². The van der Waals surface area contributed by atoms with Gasteiger partial charge in [0.1, 0.15) is 5.56 Å². The summed E-state index contributed by atoms with van der Waals surface area (Å²) in [6, 6.07) is 0. The quantitative estimate of drug-likeness (QED) is 0.904. The van der Waals surface area contributed by atoms with Gasteiger partial charge in [-0.15, -0.1) is 0 Å². The molecule has 1 N–H and O–H groups in total. The van der Waals surface area contributed by atoms with E-state index in [0.29, 0.717) is 17.4 Å². The van der Waals surface area contributed by atoms with Crippen LogP contribution in [0, 0.1) is 16.7 Å². The standard InChI is InChI=1S/C13H15FN2O3.C2H6/c14-19-11(17)8-7-15-16-10(8)18-6-1-9-12(2-3-12)13(9)4-5-13;1-2/h7,9H,1-6H2,(H,15,16);1-2H3. The fourth-order valence-corrected chi connectivity index (χ4v) is 4.21. The molecular weight excluding hydrogens is 275 g/mol. The number of aromatic nitrogens is 2. The van der Waals surface area contributed by atoms with Crippen LogP contribution < -0.4 is 4.74 Å². The number of ether oxygens (including phenoxy) is 1. The molecule has 1 heterocycles. The number of rotatable bonds is 5. The molecule has 0 radical (unpaired) electrons. The number of aromatic amines is 1. The van der Waals surface area contributed by atoms with Gasteiger partial charge in [-0.2, -0.15) is 5.10 Å². The van der Waals surface area contributed by atoms with Crippen LogP contribution in [0.5, 0.6) is 5.88 Å². The average Bonchev–Trinajstić information content (AvgIpc) is 3.47. The van der Waals surface area contributed by atoms with Crippen molar-refractivity contribution in [1.82, 2.24) is 10.2 Å². The maximum absolute atomic E-state index is 11.9. The fourth-order valence-electron chi connectivity index (χ4n) is 4.21. The van der Waals surface area contributed by atoms with E-state index < -0.39 is 5.97 Å². The predicted octanol–water partition coefficient (Wildman–Crippen LogP) is 3.44. The number of hydrogen-bond donors (Lipinski definition) is 1. The summed E-state index contributed by atoms with van der Waals surface area (Å²) in [7, 11) is 0. The van der Waals surface area contributed by atoms with Crippen molar-refractivity contribution in [2.45, 2.75) is 46.0 Å². The minimum absolute atomic E-state index is 0.000525. The molecule has 2 spiro atoms. The summed E-state index contributed by atoms with van der Waals surface area (Å²) in [5.41, 5.74) is 1.32. The van der Waals surface area contributed by atoms with Gasteiger partial charge in [0.2, 0.25) is 5.88 Å². The van der Waals surface area contributed by atoms with Crippen LogP contribution in [0.15, 0.2) is 6.20 Å². The Labute approximate surface area is 123 Å².